The molecule has 1 aromatic rings. The average molecular weight is 206 g/mol. The Morgan fingerprint density at radius 1 is 0.933 bits per heavy atom. The van der Waals surface area contributed by atoms with E-state index in [4.69, 9.17) is 0 Å². The van der Waals surface area contributed by atoms with Gasteiger partial charge in [-0.2, -0.15) is 0 Å². The van der Waals surface area contributed by atoms with Gasteiger partial charge in [0.15, 0.2) is 11.4 Å². The Labute approximate surface area is 94.1 Å². The van der Waals surface area contributed by atoms with Crippen molar-refractivity contribution in [3.8, 4) is 0 Å². The summed E-state index contributed by atoms with van der Waals surface area (Å²) in [6.07, 6.45) is 6.79. The minimum absolute atomic E-state index is 1.18. The summed E-state index contributed by atoms with van der Waals surface area (Å²) in [5.41, 5.74) is 2.76. The van der Waals surface area contributed by atoms with E-state index < -0.39 is 0 Å². The maximum absolute atomic E-state index is 2.42. The van der Waals surface area contributed by atoms with Crippen molar-refractivity contribution < 1.29 is 4.57 Å². The van der Waals surface area contributed by atoms with Gasteiger partial charge in [-0.1, -0.05) is 26.2 Å². The Morgan fingerprint density at radius 3 is 2.13 bits per heavy atom. The van der Waals surface area contributed by atoms with E-state index in [2.05, 4.69) is 43.5 Å². The summed E-state index contributed by atoms with van der Waals surface area (Å²) in [4.78, 5) is 0. The van der Waals surface area contributed by atoms with Crippen molar-refractivity contribution in [1.29, 1.82) is 0 Å². The zero-order chi connectivity index (χ0) is 11.1. The van der Waals surface area contributed by atoms with Gasteiger partial charge >= 0.3 is 0 Å². The fourth-order valence-corrected chi connectivity index (χ4v) is 2.01. The van der Waals surface area contributed by atoms with Crippen LogP contribution in [0.15, 0.2) is 18.2 Å². The normalized spacial score (nSPS) is 10.6. The van der Waals surface area contributed by atoms with Gasteiger partial charge in [0.2, 0.25) is 0 Å². The largest absolute Gasteiger partial charge is 0.200 e. The molecule has 1 rings (SSSR count). The number of unbranched alkanes of at least 4 members (excludes halogenated alkanes) is 4. The number of pyridine rings is 1. The van der Waals surface area contributed by atoms with Crippen LogP contribution >= 0.6 is 0 Å². The molecule has 0 amide bonds. The molecule has 1 nitrogen and oxygen atoms in total. The number of hydrogen-bond donors (Lipinski definition) is 0. The van der Waals surface area contributed by atoms with Crippen molar-refractivity contribution in [2.75, 3.05) is 0 Å². The molecule has 84 valence electrons. The van der Waals surface area contributed by atoms with Crippen LogP contribution in [0.2, 0.25) is 0 Å². The van der Waals surface area contributed by atoms with Gasteiger partial charge in [-0.05, 0) is 12.5 Å². The second-order valence-electron chi connectivity index (χ2n) is 4.37. The van der Waals surface area contributed by atoms with Gasteiger partial charge in [-0.3, -0.25) is 0 Å². The summed E-state index contributed by atoms with van der Waals surface area (Å²) in [6, 6.07) is 6.52. The quantitative estimate of drug-likeness (QED) is 0.495. The summed E-state index contributed by atoms with van der Waals surface area (Å²) in [6.45, 7) is 7.83. The molecule has 0 bridgehead atoms. The van der Waals surface area contributed by atoms with E-state index in [9.17, 15) is 0 Å². The molecule has 1 aromatic heterocycles. The number of aromatic nitrogens is 1. The molecule has 0 aliphatic heterocycles. The fourth-order valence-electron chi connectivity index (χ4n) is 2.01. The summed E-state index contributed by atoms with van der Waals surface area (Å²) in [5, 5.41) is 0. The third kappa shape index (κ3) is 4.03. The van der Waals surface area contributed by atoms with Crippen molar-refractivity contribution in [2.45, 2.75) is 59.4 Å². The maximum Gasteiger partial charge on any atom is 0.178 e. The lowest BCUT2D eigenvalue weighted by Gasteiger charge is -2.03. The minimum atomic E-state index is 1.18. The van der Waals surface area contributed by atoms with Crippen LogP contribution in [0.25, 0.3) is 0 Å². The lowest BCUT2D eigenvalue weighted by Crippen LogP contribution is -2.40. The van der Waals surface area contributed by atoms with Gasteiger partial charge in [-0.25, -0.2) is 4.57 Å². The lowest BCUT2D eigenvalue weighted by molar-refractivity contribution is -0.709. The van der Waals surface area contributed by atoms with Gasteiger partial charge in [0.05, 0.1) is 0 Å². The molecular formula is C14H24N+. The maximum atomic E-state index is 2.42. The predicted octanol–water partition coefficient (Wildman–Crippen LogP) is 3.56. The van der Waals surface area contributed by atoms with E-state index in [1.807, 2.05) is 0 Å². The summed E-state index contributed by atoms with van der Waals surface area (Å²) >= 11 is 0. The molecule has 0 aliphatic rings. The first-order valence-corrected chi connectivity index (χ1v) is 6.21. The summed E-state index contributed by atoms with van der Waals surface area (Å²) in [7, 11) is 0. The lowest BCUT2D eigenvalue weighted by atomic mass is 10.1. The fraction of sp³-hybridized carbons (Fsp3) is 0.643. The zero-order valence-electron chi connectivity index (χ0n) is 10.4. The van der Waals surface area contributed by atoms with Crippen molar-refractivity contribution in [2.24, 2.45) is 0 Å². The highest BCUT2D eigenvalue weighted by molar-refractivity contribution is 5.00. The smallest absolute Gasteiger partial charge is 0.178 e. The monoisotopic (exact) mass is 206 g/mol. The molecule has 0 fully saturated rings. The first-order chi connectivity index (χ1) is 7.25. The number of aryl methyl sites for hydroxylation is 2. The topological polar surface area (TPSA) is 3.88 Å². The molecule has 0 aliphatic carbocycles. The molecule has 0 saturated carbocycles. The highest BCUT2D eigenvalue weighted by Gasteiger charge is 2.08. The number of hydrogen-bond acceptors (Lipinski definition) is 0. The molecule has 0 saturated heterocycles. The Hall–Kier alpha value is -0.850. The third-order valence-electron chi connectivity index (χ3n) is 3.01. The van der Waals surface area contributed by atoms with E-state index in [1.165, 1.54) is 50.0 Å². The third-order valence-corrected chi connectivity index (χ3v) is 3.01. The Balaban J connectivity index is 2.37. The average Bonchev–Trinajstić information content (AvgIpc) is 2.21. The van der Waals surface area contributed by atoms with Crippen LogP contribution in [0, 0.1) is 13.8 Å². The van der Waals surface area contributed by atoms with Crippen LogP contribution in [0.1, 0.15) is 50.4 Å². The van der Waals surface area contributed by atoms with Crippen LogP contribution in [-0.4, -0.2) is 0 Å². The van der Waals surface area contributed by atoms with Gasteiger partial charge in [0.1, 0.15) is 6.54 Å². The van der Waals surface area contributed by atoms with E-state index in [-0.39, 0.29) is 0 Å². The summed E-state index contributed by atoms with van der Waals surface area (Å²) in [5.74, 6) is 0. The SMILES string of the molecule is CCCCCCC[n+]1c(C)cccc1C. The molecule has 1 heteroatoms. The molecule has 0 radical (unpaired) electrons. The molecule has 0 spiro atoms. The van der Waals surface area contributed by atoms with Crippen LogP contribution in [0.4, 0.5) is 0 Å². The van der Waals surface area contributed by atoms with E-state index >= 15 is 0 Å². The van der Waals surface area contributed by atoms with Crippen LogP contribution in [0.3, 0.4) is 0 Å². The standard InChI is InChI=1S/C14H24N/c1-4-5-6-7-8-12-15-13(2)10-9-11-14(15)3/h9-11H,4-8,12H2,1-3H3/q+1. The predicted molar refractivity (Wildman–Crippen MR) is 64.9 cm³/mol. The number of rotatable bonds is 6. The second kappa shape index (κ2) is 6.60. The number of nitrogens with zero attached hydrogens (tertiary/aromatic N) is 1. The molecule has 1 heterocycles. The van der Waals surface area contributed by atoms with Crippen molar-refractivity contribution in [3.63, 3.8) is 0 Å². The van der Waals surface area contributed by atoms with Gasteiger partial charge in [0, 0.05) is 32.4 Å². The van der Waals surface area contributed by atoms with Gasteiger partial charge in [-0.15, -0.1) is 0 Å². The van der Waals surface area contributed by atoms with E-state index in [1.54, 1.807) is 0 Å². The van der Waals surface area contributed by atoms with Crippen LogP contribution < -0.4 is 4.57 Å². The molecule has 0 atom stereocenters. The van der Waals surface area contributed by atoms with Crippen molar-refractivity contribution in [3.05, 3.63) is 29.6 Å². The molecule has 0 N–H and O–H groups in total. The van der Waals surface area contributed by atoms with Crippen LogP contribution in [-0.2, 0) is 6.54 Å². The highest BCUT2D eigenvalue weighted by Crippen LogP contribution is 2.03. The summed E-state index contributed by atoms with van der Waals surface area (Å²) < 4.78 is 2.42. The minimum Gasteiger partial charge on any atom is -0.200 e. The first kappa shape index (κ1) is 12.2. The highest BCUT2D eigenvalue weighted by atomic mass is 15.0. The van der Waals surface area contributed by atoms with Crippen molar-refractivity contribution >= 4 is 0 Å². The Bertz CT molecular complexity index is 271. The van der Waals surface area contributed by atoms with Gasteiger partial charge < -0.3 is 0 Å². The van der Waals surface area contributed by atoms with E-state index in [0.29, 0.717) is 0 Å². The van der Waals surface area contributed by atoms with Crippen LogP contribution in [0.5, 0.6) is 0 Å². The van der Waals surface area contributed by atoms with Gasteiger partial charge in [0.25, 0.3) is 0 Å². The first-order valence-electron chi connectivity index (χ1n) is 6.21. The molecule has 0 aromatic carbocycles. The second-order valence-corrected chi connectivity index (χ2v) is 4.37. The van der Waals surface area contributed by atoms with E-state index in [0.717, 1.165) is 0 Å². The molecular weight excluding hydrogens is 182 g/mol. The van der Waals surface area contributed by atoms with Crippen molar-refractivity contribution in [1.82, 2.24) is 0 Å². The zero-order valence-corrected chi connectivity index (χ0v) is 10.4. The molecule has 15 heavy (non-hydrogen) atoms. The molecule has 0 unspecified atom stereocenters. The Kier molecular flexibility index (Phi) is 5.38. The Morgan fingerprint density at radius 2 is 1.53 bits per heavy atom.